The third kappa shape index (κ3) is 3.93. The molecule has 0 radical (unpaired) electrons. The number of benzene rings is 1. The molecule has 1 N–H and O–H groups in total. The molecule has 0 spiro atoms. The van der Waals surface area contributed by atoms with Crippen LogP contribution in [0, 0.1) is 0 Å². The maximum atomic E-state index is 5.31. The van der Waals surface area contributed by atoms with Gasteiger partial charge in [0.15, 0.2) is 11.5 Å². The highest BCUT2D eigenvalue weighted by atomic mass is 16.5. The van der Waals surface area contributed by atoms with Crippen molar-refractivity contribution >= 4 is 0 Å². The highest BCUT2D eigenvalue weighted by molar-refractivity contribution is 5.43. The number of methoxy groups -OCH3 is 2. The molecule has 0 aliphatic rings. The number of hydrogen-bond donors (Lipinski definition) is 1. The fourth-order valence-corrected chi connectivity index (χ4v) is 1.99. The van der Waals surface area contributed by atoms with Crippen molar-refractivity contribution in [2.75, 3.05) is 21.3 Å². The lowest BCUT2D eigenvalue weighted by Gasteiger charge is -2.16. The van der Waals surface area contributed by atoms with Gasteiger partial charge in [0.05, 0.1) is 14.2 Å². The minimum atomic E-state index is 0.526. The number of nitrogens with one attached hydrogen (secondary N) is 1. The molecule has 0 heterocycles. The van der Waals surface area contributed by atoms with Crippen LogP contribution in [0.1, 0.15) is 25.3 Å². The first-order chi connectivity index (χ1) is 8.24. The molecule has 96 valence electrons. The Morgan fingerprint density at radius 3 is 2.41 bits per heavy atom. The van der Waals surface area contributed by atoms with Crippen LogP contribution < -0.4 is 14.8 Å². The molecular weight excluding hydrogens is 214 g/mol. The van der Waals surface area contributed by atoms with Gasteiger partial charge in [-0.05, 0) is 37.6 Å². The summed E-state index contributed by atoms with van der Waals surface area (Å²) in [4.78, 5) is 0. The van der Waals surface area contributed by atoms with Gasteiger partial charge in [0.25, 0.3) is 0 Å². The summed E-state index contributed by atoms with van der Waals surface area (Å²) >= 11 is 0. The van der Waals surface area contributed by atoms with Crippen molar-refractivity contribution < 1.29 is 9.47 Å². The van der Waals surface area contributed by atoms with E-state index in [4.69, 9.17) is 9.47 Å². The highest BCUT2D eigenvalue weighted by Gasteiger charge is 2.09. The summed E-state index contributed by atoms with van der Waals surface area (Å²) in [5.74, 6) is 1.59. The Kier molecular flexibility index (Phi) is 5.84. The van der Waals surface area contributed by atoms with Gasteiger partial charge < -0.3 is 14.8 Å². The van der Waals surface area contributed by atoms with Crippen LogP contribution >= 0.6 is 0 Å². The van der Waals surface area contributed by atoms with Crippen LogP contribution in [-0.2, 0) is 6.42 Å². The fourth-order valence-electron chi connectivity index (χ4n) is 1.99. The molecule has 0 aliphatic carbocycles. The number of ether oxygens (including phenoxy) is 2. The fraction of sp³-hybridized carbons (Fsp3) is 0.571. The third-order valence-corrected chi connectivity index (χ3v) is 2.98. The summed E-state index contributed by atoms with van der Waals surface area (Å²) in [5.41, 5.74) is 1.27. The van der Waals surface area contributed by atoms with Crippen molar-refractivity contribution in [3.05, 3.63) is 23.8 Å². The summed E-state index contributed by atoms with van der Waals surface area (Å²) < 4.78 is 10.5. The standard InChI is InChI=1S/C14H23NO2/c1-5-6-12(15-2)9-11-7-8-13(16-3)14(10-11)17-4/h7-8,10,12,15H,5-6,9H2,1-4H3. The van der Waals surface area contributed by atoms with E-state index in [2.05, 4.69) is 24.4 Å². The average Bonchev–Trinajstić information content (AvgIpc) is 2.38. The summed E-state index contributed by atoms with van der Waals surface area (Å²) in [7, 11) is 5.34. The molecule has 3 heteroatoms. The quantitative estimate of drug-likeness (QED) is 0.791. The molecule has 0 fully saturated rings. The molecule has 1 aromatic carbocycles. The second-order valence-corrected chi connectivity index (χ2v) is 4.17. The molecule has 17 heavy (non-hydrogen) atoms. The molecule has 3 nitrogen and oxygen atoms in total. The molecule has 0 aliphatic heterocycles. The van der Waals surface area contributed by atoms with Crippen LogP contribution in [0.25, 0.3) is 0 Å². The van der Waals surface area contributed by atoms with E-state index in [0.717, 1.165) is 17.9 Å². The van der Waals surface area contributed by atoms with Crippen LogP contribution in [-0.4, -0.2) is 27.3 Å². The molecule has 0 bridgehead atoms. The van der Waals surface area contributed by atoms with Crippen LogP contribution in [0.15, 0.2) is 18.2 Å². The van der Waals surface area contributed by atoms with Gasteiger partial charge in [0.2, 0.25) is 0 Å². The molecule has 1 unspecified atom stereocenters. The van der Waals surface area contributed by atoms with Crippen molar-refractivity contribution in [1.29, 1.82) is 0 Å². The number of likely N-dealkylation sites (N-methyl/N-ethyl adjacent to an activating group) is 1. The first kappa shape index (κ1) is 13.8. The first-order valence-electron chi connectivity index (χ1n) is 6.13. The number of hydrogen-bond acceptors (Lipinski definition) is 3. The lowest BCUT2D eigenvalue weighted by Crippen LogP contribution is -2.27. The van der Waals surface area contributed by atoms with Crippen molar-refractivity contribution in [3.63, 3.8) is 0 Å². The van der Waals surface area contributed by atoms with Crippen LogP contribution in [0.3, 0.4) is 0 Å². The molecule has 1 aromatic rings. The molecule has 1 atom stereocenters. The smallest absolute Gasteiger partial charge is 0.160 e. The van der Waals surface area contributed by atoms with E-state index in [1.165, 1.54) is 18.4 Å². The van der Waals surface area contributed by atoms with Crippen molar-refractivity contribution in [1.82, 2.24) is 5.32 Å². The Bertz CT molecular complexity index is 339. The molecule has 0 aromatic heterocycles. The topological polar surface area (TPSA) is 30.5 Å². The van der Waals surface area contributed by atoms with Crippen LogP contribution in [0.5, 0.6) is 11.5 Å². The van der Waals surface area contributed by atoms with Gasteiger partial charge in [-0.15, -0.1) is 0 Å². The molecule has 0 saturated heterocycles. The molecule has 0 saturated carbocycles. The van der Waals surface area contributed by atoms with Crippen LogP contribution in [0.4, 0.5) is 0 Å². The third-order valence-electron chi connectivity index (χ3n) is 2.98. The van der Waals surface area contributed by atoms with E-state index < -0.39 is 0 Å². The highest BCUT2D eigenvalue weighted by Crippen LogP contribution is 2.28. The zero-order valence-corrected chi connectivity index (χ0v) is 11.2. The monoisotopic (exact) mass is 237 g/mol. The Labute approximate surface area is 104 Å². The first-order valence-corrected chi connectivity index (χ1v) is 6.13. The van der Waals surface area contributed by atoms with Crippen LogP contribution in [0.2, 0.25) is 0 Å². The van der Waals surface area contributed by atoms with Gasteiger partial charge in [-0.2, -0.15) is 0 Å². The Balaban J connectivity index is 2.77. The van der Waals surface area contributed by atoms with E-state index in [1.54, 1.807) is 14.2 Å². The average molecular weight is 237 g/mol. The lowest BCUT2D eigenvalue weighted by atomic mass is 10.0. The lowest BCUT2D eigenvalue weighted by molar-refractivity contribution is 0.354. The van der Waals surface area contributed by atoms with Gasteiger partial charge in [-0.25, -0.2) is 0 Å². The van der Waals surface area contributed by atoms with Gasteiger partial charge in [-0.3, -0.25) is 0 Å². The van der Waals surface area contributed by atoms with E-state index in [1.807, 2.05) is 13.1 Å². The molecule has 1 rings (SSSR count). The largest absolute Gasteiger partial charge is 0.493 e. The normalized spacial score (nSPS) is 12.2. The maximum Gasteiger partial charge on any atom is 0.160 e. The van der Waals surface area contributed by atoms with Gasteiger partial charge in [-0.1, -0.05) is 19.4 Å². The number of rotatable bonds is 7. The van der Waals surface area contributed by atoms with Gasteiger partial charge in [0.1, 0.15) is 0 Å². The minimum Gasteiger partial charge on any atom is -0.493 e. The summed E-state index contributed by atoms with van der Waals surface area (Å²) in [5, 5.41) is 3.35. The minimum absolute atomic E-state index is 0.526. The van der Waals surface area contributed by atoms with E-state index in [-0.39, 0.29) is 0 Å². The van der Waals surface area contributed by atoms with Crippen molar-refractivity contribution in [2.45, 2.75) is 32.2 Å². The van der Waals surface area contributed by atoms with E-state index >= 15 is 0 Å². The second kappa shape index (κ2) is 7.17. The summed E-state index contributed by atoms with van der Waals surface area (Å²) in [6.07, 6.45) is 3.40. The Hall–Kier alpha value is -1.22. The molecular formula is C14H23NO2. The van der Waals surface area contributed by atoms with E-state index in [9.17, 15) is 0 Å². The summed E-state index contributed by atoms with van der Waals surface area (Å²) in [6, 6.07) is 6.64. The summed E-state index contributed by atoms with van der Waals surface area (Å²) in [6.45, 7) is 2.21. The zero-order chi connectivity index (χ0) is 12.7. The Morgan fingerprint density at radius 1 is 1.18 bits per heavy atom. The van der Waals surface area contributed by atoms with Gasteiger partial charge in [0, 0.05) is 6.04 Å². The van der Waals surface area contributed by atoms with Gasteiger partial charge >= 0.3 is 0 Å². The maximum absolute atomic E-state index is 5.31. The molecule has 0 amide bonds. The second-order valence-electron chi connectivity index (χ2n) is 4.17. The van der Waals surface area contributed by atoms with Crippen molar-refractivity contribution in [2.24, 2.45) is 0 Å². The predicted molar refractivity (Wildman–Crippen MR) is 71.0 cm³/mol. The Morgan fingerprint density at radius 2 is 1.88 bits per heavy atom. The predicted octanol–water partition coefficient (Wildman–Crippen LogP) is 2.63. The zero-order valence-electron chi connectivity index (χ0n) is 11.2. The van der Waals surface area contributed by atoms with Crippen molar-refractivity contribution in [3.8, 4) is 11.5 Å². The SMILES string of the molecule is CCCC(Cc1ccc(OC)c(OC)c1)NC. The van der Waals surface area contributed by atoms with E-state index in [0.29, 0.717) is 6.04 Å².